The van der Waals surface area contributed by atoms with E-state index in [0.717, 1.165) is 28.8 Å². The first-order valence-electron chi connectivity index (χ1n) is 11.0. The molecule has 1 atom stereocenters. The summed E-state index contributed by atoms with van der Waals surface area (Å²) in [6.07, 6.45) is 2.49. The molecule has 0 aliphatic carbocycles. The molecule has 0 fully saturated rings. The third kappa shape index (κ3) is 5.28. The summed E-state index contributed by atoms with van der Waals surface area (Å²) in [7, 11) is 0. The Morgan fingerprint density at radius 1 is 1.18 bits per heavy atom. The van der Waals surface area contributed by atoms with Gasteiger partial charge in [0.2, 0.25) is 5.91 Å². The minimum atomic E-state index is -0.185. The minimum Gasteiger partial charge on any atom is -0.348 e. The Morgan fingerprint density at radius 2 is 2.03 bits per heavy atom. The quantitative estimate of drug-likeness (QED) is 0.396. The summed E-state index contributed by atoms with van der Waals surface area (Å²) in [5.74, 6) is -0.241. The van der Waals surface area contributed by atoms with Gasteiger partial charge in [-0.25, -0.2) is 9.67 Å². The fourth-order valence-corrected chi connectivity index (χ4v) is 4.20. The SMILES string of the molecule is CCC(C)C(=O)Nc1cccc(CNC(=O)c2cc(C)nc3c2cnn3Cc2cccs2)c1. The van der Waals surface area contributed by atoms with Crippen molar-refractivity contribution in [2.45, 2.75) is 40.3 Å². The van der Waals surface area contributed by atoms with E-state index < -0.39 is 0 Å². The second-order valence-corrected chi connectivity index (χ2v) is 9.14. The van der Waals surface area contributed by atoms with E-state index in [1.165, 1.54) is 4.88 Å². The summed E-state index contributed by atoms with van der Waals surface area (Å²) in [6, 6.07) is 13.4. The van der Waals surface area contributed by atoms with Crippen LogP contribution >= 0.6 is 11.3 Å². The van der Waals surface area contributed by atoms with E-state index >= 15 is 0 Å². The minimum absolute atomic E-state index is 0.00658. The molecule has 1 aromatic carbocycles. The fourth-order valence-electron chi connectivity index (χ4n) is 3.51. The van der Waals surface area contributed by atoms with Gasteiger partial charge in [-0.1, -0.05) is 32.0 Å². The number of carbonyl (C=O) groups excluding carboxylic acids is 2. The standard InChI is InChI=1S/C25H27N5O2S/c1-4-16(2)24(31)29-19-8-5-7-18(12-19)13-26-25(32)21-11-17(3)28-23-22(21)14-27-30(23)15-20-9-6-10-33-20/h5-12,14,16H,4,13,15H2,1-3H3,(H,26,32)(H,29,31). The molecule has 170 valence electrons. The Balaban J connectivity index is 1.49. The summed E-state index contributed by atoms with van der Waals surface area (Å²) in [5.41, 5.74) is 3.64. The maximum absolute atomic E-state index is 13.1. The lowest BCUT2D eigenvalue weighted by atomic mass is 10.1. The fraction of sp³-hybridized carbons (Fsp3) is 0.280. The second kappa shape index (κ2) is 9.95. The molecule has 0 saturated carbocycles. The number of aromatic nitrogens is 3. The number of benzene rings is 1. The number of carbonyl (C=O) groups is 2. The first kappa shape index (κ1) is 22.7. The van der Waals surface area contributed by atoms with E-state index in [-0.39, 0.29) is 17.7 Å². The van der Waals surface area contributed by atoms with Gasteiger partial charge in [0.25, 0.3) is 5.91 Å². The molecule has 0 aliphatic heterocycles. The van der Waals surface area contributed by atoms with Gasteiger partial charge in [0, 0.05) is 28.7 Å². The monoisotopic (exact) mass is 461 g/mol. The van der Waals surface area contributed by atoms with Crippen molar-refractivity contribution in [2.75, 3.05) is 5.32 Å². The number of amides is 2. The Hall–Kier alpha value is -3.52. The number of anilines is 1. The molecule has 8 heteroatoms. The lowest BCUT2D eigenvalue weighted by Gasteiger charge is -2.12. The summed E-state index contributed by atoms with van der Waals surface area (Å²) in [5, 5.41) is 13.2. The average Bonchev–Trinajstić information content (AvgIpc) is 3.47. The van der Waals surface area contributed by atoms with Crippen LogP contribution in [0.5, 0.6) is 0 Å². The summed E-state index contributed by atoms with van der Waals surface area (Å²) < 4.78 is 1.83. The van der Waals surface area contributed by atoms with Gasteiger partial charge in [0.05, 0.1) is 23.7 Å². The molecule has 3 heterocycles. The van der Waals surface area contributed by atoms with Crippen LogP contribution in [-0.4, -0.2) is 26.6 Å². The molecule has 0 aliphatic rings. The molecule has 1 unspecified atom stereocenters. The molecule has 2 amide bonds. The topological polar surface area (TPSA) is 88.9 Å². The van der Waals surface area contributed by atoms with Crippen molar-refractivity contribution >= 4 is 39.9 Å². The van der Waals surface area contributed by atoms with Gasteiger partial charge < -0.3 is 10.6 Å². The van der Waals surface area contributed by atoms with Crippen molar-refractivity contribution < 1.29 is 9.59 Å². The van der Waals surface area contributed by atoms with Crippen LogP contribution in [0.15, 0.2) is 54.0 Å². The summed E-state index contributed by atoms with van der Waals surface area (Å²) >= 11 is 1.66. The van der Waals surface area contributed by atoms with Crippen LogP contribution in [-0.2, 0) is 17.9 Å². The Bertz CT molecular complexity index is 1280. The van der Waals surface area contributed by atoms with Crippen LogP contribution in [0.3, 0.4) is 0 Å². The highest BCUT2D eigenvalue weighted by Crippen LogP contribution is 2.21. The van der Waals surface area contributed by atoms with Crippen LogP contribution in [0.2, 0.25) is 0 Å². The number of aryl methyl sites for hydroxylation is 1. The van der Waals surface area contributed by atoms with Gasteiger partial charge in [0.1, 0.15) is 0 Å². The van der Waals surface area contributed by atoms with Gasteiger partial charge in [-0.2, -0.15) is 5.10 Å². The molecule has 33 heavy (non-hydrogen) atoms. The molecule has 0 saturated heterocycles. The van der Waals surface area contributed by atoms with Gasteiger partial charge in [0.15, 0.2) is 5.65 Å². The second-order valence-electron chi connectivity index (χ2n) is 8.11. The number of nitrogens with zero attached hydrogens (tertiary/aromatic N) is 3. The predicted octanol–water partition coefficient (Wildman–Crippen LogP) is 4.76. The number of thiophene rings is 1. The van der Waals surface area contributed by atoms with Gasteiger partial charge >= 0.3 is 0 Å². The lowest BCUT2D eigenvalue weighted by Crippen LogP contribution is -2.23. The van der Waals surface area contributed by atoms with E-state index in [1.807, 2.05) is 61.2 Å². The molecular weight excluding hydrogens is 434 g/mol. The number of pyridine rings is 1. The van der Waals surface area contributed by atoms with Gasteiger partial charge in [-0.05, 0) is 48.6 Å². The number of rotatable bonds is 8. The van der Waals surface area contributed by atoms with Crippen LogP contribution in [0.1, 0.15) is 46.8 Å². The zero-order valence-corrected chi connectivity index (χ0v) is 19.8. The van der Waals surface area contributed by atoms with Crippen molar-refractivity contribution in [3.8, 4) is 0 Å². The highest BCUT2D eigenvalue weighted by Gasteiger charge is 2.16. The predicted molar refractivity (Wildman–Crippen MR) is 131 cm³/mol. The van der Waals surface area contributed by atoms with Gasteiger partial charge in [-0.15, -0.1) is 11.3 Å². The highest BCUT2D eigenvalue weighted by atomic mass is 32.1. The number of nitrogens with one attached hydrogen (secondary N) is 2. The van der Waals surface area contributed by atoms with E-state index in [0.29, 0.717) is 24.3 Å². The third-order valence-corrected chi connectivity index (χ3v) is 6.44. The molecule has 4 aromatic rings. The van der Waals surface area contributed by atoms with Crippen LogP contribution in [0.25, 0.3) is 11.0 Å². The zero-order chi connectivity index (χ0) is 23.4. The number of hydrogen-bond donors (Lipinski definition) is 2. The normalized spacial score (nSPS) is 12.0. The largest absolute Gasteiger partial charge is 0.348 e. The summed E-state index contributed by atoms with van der Waals surface area (Å²) in [4.78, 5) is 31.0. The van der Waals surface area contributed by atoms with Crippen LogP contribution in [0.4, 0.5) is 5.69 Å². The molecule has 0 spiro atoms. The van der Waals surface area contributed by atoms with Crippen molar-refractivity contribution in [3.63, 3.8) is 0 Å². The highest BCUT2D eigenvalue weighted by molar-refractivity contribution is 7.09. The van der Waals surface area contributed by atoms with Gasteiger partial charge in [-0.3, -0.25) is 9.59 Å². The Morgan fingerprint density at radius 3 is 2.79 bits per heavy atom. The van der Waals surface area contributed by atoms with E-state index in [4.69, 9.17) is 0 Å². The Kier molecular flexibility index (Phi) is 6.84. The first-order valence-corrected chi connectivity index (χ1v) is 11.9. The first-order chi connectivity index (χ1) is 15.9. The number of hydrogen-bond acceptors (Lipinski definition) is 5. The summed E-state index contributed by atoms with van der Waals surface area (Å²) in [6.45, 7) is 6.73. The van der Waals surface area contributed by atoms with E-state index in [2.05, 4.69) is 26.8 Å². The van der Waals surface area contributed by atoms with Crippen molar-refractivity contribution in [1.82, 2.24) is 20.1 Å². The molecule has 0 radical (unpaired) electrons. The number of fused-ring (bicyclic) bond motifs is 1. The molecule has 0 bridgehead atoms. The molecule has 3 aromatic heterocycles. The Labute approximate surface area is 196 Å². The zero-order valence-electron chi connectivity index (χ0n) is 19.0. The molecular formula is C25H27N5O2S. The molecule has 7 nitrogen and oxygen atoms in total. The van der Waals surface area contributed by atoms with Crippen molar-refractivity contribution in [3.05, 3.63) is 75.7 Å². The molecule has 2 N–H and O–H groups in total. The van der Waals surface area contributed by atoms with Crippen LogP contribution in [0, 0.1) is 12.8 Å². The lowest BCUT2D eigenvalue weighted by molar-refractivity contribution is -0.119. The smallest absolute Gasteiger partial charge is 0.252 e. The maximum atomic E-state index is 13.1. The molecule has 4 rings (SSSR count). The van der Waals surface area contributed by atoms with Crippen LogP contribution < -0.4 is 10.6 Å². The van der Waals surface area contributed by atoms with E-state index in [1.54, 1.807) is 23.6 Å². The van der Waals surface area contributed by atoms with Crippen molar-refractivity contribution in [1.29, 1.82) is 0 Å². The third-order valence-electron chi connectivity index (χ3n) is 5.58. The van der Waals surface area contributed by atoms with Crippen molar-refractivity contribution in [2.24, 2.45) is 5.92 Å². The maximum Gasteiger partial charge on any atom is 0.252 e. The average molecular weight is 462 g/mol. The van der Waals surface area contributed by atoms with E-state index in [9.17, 15) is 9.59 Å².